The molecule has 0 aliphatic rings. The Bertz CT molecular complexity index is 761. The first kappa shape index (κ1) is 13.1. The number of aromatic nitrogens is 1. The van der Waals surface area contributed by atoms with Gasteiger partial charge < -0.3 is 9.30 Å². The van der Waals surface area contributed by atoms with Gasteiger partial charge in [0.2, 0.25) is 0 Å². The molecule has 2 nitrogen and oxygen atoms in total. The molecule has 0 atom stereocenters. The second kappa shape index (κ2) is 5.22. The van der Waals surface area contributed by atoms with E-state index in [4.69, 9.17) is 16.3 Å². The average molecular weight is 286 g/mol. The molecule has 0 N–H and O–H groups in total. The predicted molar refractivity (Wildman–Crippen MR) is 83.8 cm³/mol. The summed E-state index contributed by atoms with van der Waals surface area (Å²) < 4.78 is 7.66. The van der Waals surface area contributed by atoms with Crippen molar-refractivity contribution in [1.29, 1.82) is 0 Å². The molecule has 3 aromatic rings. The van der Waals surface area contributed by atoms with Gasteiger partial charge in [0.05, 0.1) is 13.7 Å². The Labute approximate surface area is 123 Å². The smallest absolute Gasteiger partial charge is 0.123 e. The lowest BCUT2D eigenvalue weighted by Gasteiger charge is -2.11. The highest BCUT2D eigenvalue weighted by atomic mass is 35.5. The maximum atomic E-state index is 6.03. The fourth-order valence-corrected chi connectivity index (χ4v) is 2.70. The molecule has 20 heavy (non-hydrogen) atoms. The SMILES string of the molecule is COc1ccc(C)cc1Cn1ccc2cc(Cl)ccc21. The maximum Gasteiger partial charge on any atom is 0.123 e. The van der Waals surface area contributed by atoms with Gasteiger partial charge >= 0.3 is 0 Å². The van der Waals surface area contributed by atoms with Gasteiger partial charge in [0.1, 0.15) is 5.75 Å². The molecule has 1 aromatic heterocycles. The fraction of sp³-hybridized carbons (Fsp3) is 0.176. The molecule has 0 fully saturated rings. The third-order valence-corrected chi connectivity index (χ3v) is 3.74. The number of hydrogen-bond donors (Lipinski definition) is 0. The van der Waals surface area contributed by atoms with Gasteiger partial charge in [-0.25, -0.2) is 0 Å². The van der Waals surface area contributed by atoms with Crippen molar-refractivity contribution in [1.82, 2.24) is 4.57 Å². The van der Waals surface area contributed by atoms with E-state index in [1.54, 1.807) is 7.11 Å². The van der Waals surface area contributed by atoms with Crippen molar-refractivity contribution < 1.29 is 4.74 Å². The van der Waals surface area contributed by atoms with Crippen LogP contribution in [0.1, 0.15) is 11.1 Å². The van der Waals surface area contributed by atoms with Crippen molar-refractivity contribution in [2.24, 2.45) is 0 Å². The van der Waals surface area contributed by atoms with Crippen molar-refractivity contribution >= 4 is 22.5 Å². The molecule has 0 bridgehead atoms. The van der Waals surface area contributed by atoms with Gasteiger partial charge in [0, 0.05) is 27.7 Å². The topological polar surface area (TPSA) is 14.2 Å². The summed E-state index contributed by atoms with van der Waals surface area (Å²) in [6.45, 7) is 2.88. The number of benzene rings is 2. The van der Waals surface area contributed by atoms with Crippen LogP contribution in [0.5, 0.6) is 5.75 Å². The van der Waals surface area contributed by atoms with Crippen LogP contribution in [0.2, 0.25) is 5.02 Å². The van der Waals surface area contributed by atoms with Crippen LogP contribution in [0, 0.1) is 6.92 Å². The van der Waals surface area contributed by atoms with Gasteiger partial charge in [-0.05, 0) is 37.3 Å². The standard InChI is InChI=1S/C17H16ClNO/c1-12-3-6-17(20-2)14(9-12)11-19-8-7-13-10-15(18)4-5-16(13)19/h3-10H,11H2,1-2H3. The van der Waals surface area contributed by atoms with E-state index in [-0.39, 0.29) is 0 Å². The summed E-state index contributed by atoms with van der Waals surface area (Å²) in [4.78, 5) is 0. The number of rotatable bonds is 3. The molecule has 0 amide bonds. The summed E-state index contributed by atoms with van der Waals surface area (Å²) in [6.07, 6.45) is 2.09. The van der Waals surface area contributed by atoms with E-state index in [2.05, 4.69) is 42.0 Å². The van der Waals surface area contributed by atoms with Crippen LogP contribution in [0.3, 0.4) is 0 Å². The second-order valence-electron chi connectivity index (χ2n) is 4.96. The number of halogens is 1. The summed E-state index contributed by atoms with van der Waals surface area (Å²) in [7, 11) is 1.71. The van der Waals surface area contributed by atoms with Crippen LogP contribution in [0.25, 0.3) is 10.9 Å². The van der Waals surface area contributed by atoms with Gasteiger partial charge in [-0.1, -0.05) is 29.3 Å². The van der Waals surface area contributed by atoms with Crippen LogP contribution in [0.4, 0.5) is 0 Å². The predicted octanol–water partition coefficient (Wildman–Crippen LogP) is 4.66. The third kappa shape index (κ3) is 2.39. The molecule has 0 radical (unpaired) electrons. The third-order valence-electron chi connectivity index (χ3n) is 3.51. The molecule has 2 aromatic carbocycles. The van der Waals surface area contributed by atoms with E-state index >= 15 is 0 Å². The highest BCUT2D eigenvalue weighted by Gasteiger charge is 2.07. The number of nitrogens with zero attached hydrogens (tertiary/aromatic N) is 1. The Morgan fingerprint density at radius 3 is 2.75 bits per heavy atom. The number of ether oxygens (including phenoxy) is 1. The Hall–Kier alpha value is -1.93. The van der Waals surface area contributed by atoms with Crippen molar-refractivity contribution in [3.8, 4) is 5.75 Å². The fourth-order valence-electron chi connectivity index (χ4n) is 2.52. The minimum absolute atomic E-state index is 0.767. The number of aryl methyl sites for hydroxylation is 1. The first-order chi connectivity index (χ1) is 9.67. The van der Waals surface area contributed by atoms with Crippen molar-refractivity contribution in [2.45, 2.75) is 13.5 Å². The molecule has 0 aliphatic heterocycles. The molecule has 0 spiro atoms. The Kier molecular flexibility index (Phi) is 3.41. The van der Waals surface area contributed by atoms with Gasteiger partial charge in [-0.3, -0.25) is 0 Å². The quantitative estimate of drug-likeness (QED) is 0.683. The average Bonchev–Trinajstić information content (AvgIpc) is 2.81. The lowest BCUT2D eigenvalue weighted by molar-refractivity contribution is 0.408. The summed E-state index contributed by atoms with van der Waals surface area (Å²) in [5.74, 6) is 0.923. The van der Waals surface area contributed by atoms with Crippen LogP contribution in [0.15, 0.2) is 48.7 Å². The normalized spacial score (nSPS) is 10.9. The number of hydrogen-bond acceptors (Lipinski definition) is 1. The highest BCUT2D eigenvalue weighted by molar-refractivity contribution is 6.31. The van der Waals surface area contributed by atoms with Gasteiger partial charge in [0.25, 0.3) is 0 Å². The number of fused-ring (bicyclic) bond motifs is 1. The lowest BCUT2D eigenvalue weighted by Crippen LogP contribution is -2.01. The van der Waals surface area contributed by atoms with Crippen LogP contribution >= 0.6 is 11.6 Å². The largest absolute Gasteiger partial charge is 0.496 e. The molecule has 102 valence electrons. The lowest BCUT2D eigenvalue weighted by atomic mass is 10.1. The van der Waals surface area contributed by atoms with E-state index in [9.17, 15) is 0 Å². The Morgan fingerprint density at radius 1 is 1.10 bits per heavy atom. The van der Waals surface area contributed by atoms with Crippen molar-refractivity contribution in [3.63, 3.8) is 0 Å². The van der Waals surface area contributed by atoms with Crippen molar-refractivity contribution in [2.75, 3.05) is 7.11 Å². The molecular formula is C17H16ClNO. The van der Waals surface area contributed by atoms with Gasteiger partial charge in [-0.2, -0.15) is 0 Å². The van der Waals surface area contributed by atoms with E-state index in [1.165, 1.54) is 16.6 Å². The van der Waals surface area contributed by atoms with Crippen LogP contribution in [-0.2, 0) is 6.54 Å². The molecular weight excluding hydrogens is 270 g/mol. The summed E-state index contributed by atoms with van der Waals surface area (Å²) in [5, 5.41) is 1.92. The molecule has 3 rings (SSSR count). The maximum absolute atomic E-state index is 6.03. The minimum atomic E-state index is 0.767. The first-order valence-electron chi connectivity index (χ1n) is 6.55. The van der Waals surface area contributed by atoms with Crippen LogP contribution in [-0.4, -0.2) is 11.7 Å². The van der Waals surface area contributed by atoms with Gasteiger partial charge in [-0.15, -0.1) is 0 Å². The molecule has 0 aliphatic carbocycles. The van der Waals surface area contributed by atoms with Crippen molar-refractivity contribution in [3.05, 3.63) is 64.8 Å². The zero-order chi connectivity index (χ0) is 14.1. The number of methoxy groups -OCH3 is 1. The molecule has 0 saturated heterocycles. The summed E-state index contributed by atoms with van der Waals surface area (Å²) in [5.41, 5.74) is 3.60. The summed E-state index contributed by atoms with van der Waals surface area (Å²) >= 11 is 6.03. The minimum Gasteiger partial charge on any atom is -0.496 e. The molecule has 0 unspecified atom stereocenters. The zero-order valence-electron chi connectivity index (χ0n) is 11.6. The Balaban J connectivity index is 2.03. The second-order valence-corrected chi connectivity index (χ2v) is 5.40. The first-order valence-corrected chi connectivity index (χ1v) is 6.93. The molecule has 1 heterocycles. The van der Waals surface area contributed by atoms with E-state index in [1.807, 2.05) is 18.2 Å². The Morgan fingerprint density at radius 2 is 1.95 bits per heavy atom. The van der Waals surface area contributed by atoms with E-state index in [0.717, 1.165) is 22.7 Å². The monoisotopic (exact) mass is 285 g/mol. The molecule has 3 heteroatoms. The van der Waals surface area contributed by atoms with E-state index < -0.39 is 0 Å². The molecule has 0 saturated carbocycles. The zero-order valence-corrected chi connectivity index (χ0v) is 12.3. The highest BCUT2D eigenvalue weighted by Crippen LogP contribution is 2.25. The van der Waals surface area contributed by atoms with E-state index in [0.29, 0.717) is 0 Å². The van der Waals surface area contributed by atoms with Gasteiger partial charge in [0.15, 0.2) is 0 Å². The van der Waals surface area contributed by atoms with Crippen LogP contribution < -0.4 is 4.74 Å². The summed E-state index contributed by atoms with van der Waals surface area (Å²) in [6, 6.07) is 14.3.